The zero-order valence-corrected chi connectivity index (χ0v) is 9.58. The van der Waals surface area contributed by atoms with E-state index in [4.69, 9.17) is 0 Å². The van der Waals surface area contributed by atoms with Gasteiger partial charge in [-0.2, -0.15) is 0 Å². The number of thiazole rings is 1. The van der Waals surface area contributed by atoms with Crippen LogP contribution in [-0.4, -0.2) is 19.2 Å². The van der Waals surface area contributed by atoms with Crippen LogP contribution in [-0.2, 0) is 9.84 Å². The molecular weight excluding hydrogens is 206 g/mol. The first-order chi connectivity index (χ1) is 5.92. The number of sulfone groups is 1. The fourth-order valence-electron chi connectivity index (χ4n) is 0.988. The van der Waals surface area contributed by atoms with Crippen LogP contribution in [0.2, 0.25) is 0 Å². The summed E-state index contributed by atoms with van der Waals surface area (Å²) < 4.78 is 23.5. The maximum Gasteiger partial charge on any atom is 0.209 e. The minimum Gasteiger partial charge on any atom is -0.233 e. The van der Waals surface area contributed by atoms with Crippen LogP contribution in [0.25, 0.3) is 0 Å². The molecule has 5 heteroatoms. The summed E-state index contributed by atoms with van der Waals surface area (Å²) >= 11 is 1.24. The molecule has 0 saturated heterocycles. The highest BCUT2D eigenvalue weighted by atomic mass is 32.2. The number of hydrogen-bond donors (Lipinski definition) is 0. The topological polar surface area (TPSA) is 47.0 Å². The molecule has 0 aromatic carbocycles. The van der Waals surface area contributed by atoms with Gasteiger partial charge in [0.05, 0.1) is 5.75 Å². The summed E-state index contributed by atoms with van der Waals surface area (Å²) in [5.74, 6) is 0.328. The Morgan fingerprint density at radius 1 is 1.54 bits per heavy atom. The van der Waals surface area contributed by atoms with Crippen molar-refractivity contribution in [1.82, 2.24) is 4.98 Å². The zero-order valence-electron chi connectivity index (χ0n) is 7.94. The van der Waals surface area contributed by atoms with Gasteiger partial charge in [0.25, 0.3) is 0 Å². The lowest BCUT2D eigenvalue weighted by Gasteiger charge is -2.02. The maximum atomic E-state index is 11.6. The van der Waals surface area contributed by atoms with Crippen LogP contribution in [0.1, 0.15) is 18.7 Å². The largest absolute Gasteiger partial charge is 0.233 e. The molecular formula is C8H13NO2S2. The van der Waals surface area contributed by atoms with Crippen molar-refractivity contribution in [1.29, 1.82) is 0 Å². The van der Waals surface area contributed by atoms with Crippen molar-refractivity contribution >= 4 is 21.2 Å². The third-order valence-electron chi connectivity index (χ3n) is 1.42. The maximum absolute atomic E-state index is 11.6. The van der Waals surface area contributed by atoms with E-state index in [0.717, 1.165) is 4.88 Å². The Morgan fingerprint density at radius 3 is 2.54 bits per heavy atom. The van der Waals surface area contributed by atoms with Crippen molar-refractivity contribution < 1.29 is 8.42 Å². The molecule has 0 bridgehead atoms. The van der Waals surface area contributed by atoms with E-state index >= 15 is 0 Å². The second kappa shape index (κ2) is 3.75. The molecule has 0 aliphatic carbocycles. The lowest BCUT2D eigenvalue weighted by molar-refractivity contribution is 0.581. The van der Waals surface area contributed by atoms with E-state index in [1.165, 1.54) is 11.3 Å². The van der Waals surface area contributed by atoms with Crippen LogP contribution in [0.5, 0.6) is 0 Å². The predicted molar refractivity (Wildman–Crippen MR) is 53.7 cm³/mol. The van der Waals surface area contributed by atoms with Crippen LogP contribution >= 0.6 is 11.3 Å². The SMILES string of the molecule is Cc1cnc(S(=O)(=O)CC(C)C)s1. The number of aryl methyl sites for hydroxylation is 1. The van der Waals surface area contributed by atoms with Crippen LogP contribution < -0.4 is 0 Å². The van der Waals surface area contributed by atoms with Crippen LogP contribution in [0, 0.1) is 12.8 Å². The lowest BCUT2D eigenvalue weighted by atomic mass is 10.3. The van der Waals surface area contributed by atoms with Gasteiger partial charge >= 0.3 is 0 Å². The molecule has 0 N–H and O–H groups in total. The van der Waals surface area contributed by atoms with Crippen LogP contribution in [0.15, 0.2) is 10.5 Å². The molecule has 1 aromatic rings. The Kier molecular flexibility index (Phi) is 3.08. The van der Waals surface area contributed by atoms with Gasteiger partial charge in [-0.1, -0.05) is 13.8 Å². The van der Waals surface area contributed by atoms with E-state index in [-0.39, 0.29) is 16.0 Å². The molecule has 0 saturated carbocycles. The zero-order chi connectivity index (χ0) is 10.1. The van der Waals surface area contributed by atoms with Gasteiger partial charge in [0.15, 0.2) is 0 Å². The lowest BCUT2D eigenvalue weighted by Crippen LogP contribution is -2.11. The minimum atomic E-state index is -3.13. The molecule has 0 amide bonds. The fourth-order valence-corrected chi connectivity index (χ4v) is 3.81. The molecule has 1 rings (SSSR count). The summed E-state index contributed by atoms with van der Waals surface area (Å²) in [5.41, 5.74) is 0. The third kappa shape index (κ3) is 2.77. The summed E-state index contributed by atoms with van der Waals surface area (Å²) in [7, 11) is -3.13. The molecule has 13 heavy (non-hydrogen) atoms. The average molecular weight is 219 g/mol. The summed E-state index contributed by atoms with van der Waals surface area (Å²) in [4.78, 5) is 4.80. The van der Waals surface area contributed by atoms with Crippen molar-refractivity contribution in [2.45, 2.75) is 25.1 Å². The van der Waals surface area contributed by atoms with Gasteiger partial charge in [0.2, 0.25) is 14.2 Å². The van der Waals surface area contributed by atoms with Crippen molar-refractivity contribution in [2.75, 3.05) is 5.75 Å². The minimum absolute atomic E-state index is 0.147. The normalized spacial score (nSPS) is 12.3. The van der Waals surface area contributed by atoms with Gasteiger partial charge in [-0.15, -0.1) is 11.3 Å². The van der Waals surface area contributed by atoms with Crippen LogP contribution in [0.4, 0.5) is 0 Å². The van der Waals surface area contributed by atoms with Crippen molar-refractivity contribution in [3.8, 4) is 0 Å². The van der Waals surface area contributed by atoms with E-state index in [9.17, 15) is 8.42 Å². The molecule has 0 aliphatic heterocycles. The third-order valence-corrected chi connectivity index (χ3v) is 4.88. The number of aromatic nitrogens is 1. The van der Waals surface area contributed by atoms with E-state index in [1.807, 2.05) is 20.8 Å². The molecule has 0 fully saturated rings. The summed E-state index contributed by atoms with van der Waals surface area (Å²) in [6.45, 7) is 5.63. The Labute approximate surface area is 82.7 Å². The molecule has 0 aliphatic rings. The molecule has 0 spiro atoms. The second-order valence-electron chi connectivity index (χ2n) is 3.41. The molecule has 1 heterocycles. The fraction of sp³-hybridized carbons (Fsp3) is 0.625. The van der Waals surface area contributed by atoms with Crippen molar-refractivity contribution in [3.63, 3.8) is 0 Å². The summed E-state index contributed by atoms with van der Waals surface area (Å²) in [6, 6.07) is 0. The van der Waals surface area contributed by atoms with Gasteiger partial charge < -0.3 is 0 Å². The first-order valence-corrected chi connectivity index (χ1v) is 6.54. The molecule has 74 valence electrons. The van der Waals surface area contributed by atoms with Crippen LogP contribution in [0.3, 0.4) is 0 Å². The Hall–Kier alpha value is -0.420. The van der Waals surface area contributed by atoms with Crippen molar-refractivity contribution in [3.05, 3.63) is 11.1 Å². The molecule has 0 atom stereocenters. The van der Waals surface area contributed by atoms with Gasteiger partial charge in [-0.3, -0.25) is 0 Å². The smallest absolute Gasteiger partial charge is 0.209 e. The highest BCUT2D eigenvalue weighted by molar-refractivity contribution is 7.93. The Morgan fingerprint density at radius 2 is 2.15 bits per heavy atom. The second-order valence-corrected chi connectivity index (χ2v) is 6.85. The Balaban J connectivity index is 2.95. The highest BCUT2D eigenvalue weighted by Gasteiger charge is 2.19. The summed E-state index contributed by atoms with van der Waals surface area (Å²) in [6.07, 6.45) is 1.60. The van der Waals surface area contributed by atoms with Gasteiger partial charge in [-0.05, 0) is 12.8 Å². The molecule has 0 unspecified atom stereocenters. The standard InChI is InChI=1S/C8H13NO2S2/c1-6(2)5-13(10,11)8-9-4-7(3)12-8/h4,6H,5H2,1-3H3. The van der Waals surface area contributed by atoms with Gasteiger partial charge in [0.1, 0.15) is 0 Å². The number of nitrogens with zero attached hydrogens (tertiary/aromatic N) is 1. The average Bonchev–Trinajstić information content (AvgIpc) is 2.32. The Bertz CT molecular complexity index is 379. The number of rotatable bonds is 3. The molecule has 1 aromatic heterocycles. The van der Waals surface area contributed by atoms with E-state index < -0.39 is 9.84 Å². The highest BCUT2D eigenvalue weighted by Crippen LogP contribution is 2.19. The first kappa shape index (κ1) is 10.7. The summed E-state index contributed by atoms with van der Waals surface area (Å²) in [5, 5.41) is 0. The van der Waals surface area contributed by atoms with Gasteiger partial charge in [0, 0.05) is 11.1 Å². The quantitative estimate of drug-likeness (QED) is 0.780. The molecule has 3 nitrogen and oxygen atoms in total. The monoisotopic (exact) mass is 219 g/mol. The van der Waals surface area contributed by atoms with E-state index in [1.54, 1.807) is 6.20 Å². The van der Waals surface area contributed by atoms with E-state index in [0.29, 0.717) is 0 Å². The van der Waals surface area contributed by atoms with Crippen molar-refractivity contribution in [2.24, 2.45) is 5.92 Å². The number of hydrogen-bond acceptors (Lipinski definition) is 4. The predicted octanol–water partition coefficient (Wildman–Crippen LogP) is 1.88. The van der Waals surface area contributed by atoms with Gasteiger partial charge in [-0.25, -0.2) is 13.4 Å². The van der Waals surface area contributed by atoms with E-state index in [2.05, 4.69) is 4.98 Å². The first-order valence-electron chi connectivity index (χ1n) is 4.07. The molecule has 0 radical (unpaired) electrons.